The normalized spacial score (nSPS) is 10.9. The summed E-state index contributed by atoms with van der Waals surface area (Å²) in [5.74, 6) is -2.32. The van der Waals surface area contributed by atoms with E-state index in [1.807, 2.05) is 209 Å². The number of amides is 12. The number of anilines is 11. The van der Waals surface area contributed by atoms with E-state index in [4.69, 9.17) is 28.4 Å². The van der Waals surface area contributed by atoms with Gasteiger partial charge in [-0.1, -0.05) is 189 Å². The minimum atomic E-state index is -0.497. The lowest BCUT2D eigenvalue weighted by atomic mass is 9.92. The summed E-state index contributed by atoms with van der Waals surface area (Å²) in [5, 5.41) is 36.5. The first-order valence-corrected chi connectivity index (χ1v) is 51.7. The number of aryl methyl sites for hydroxylation is 6. The van der Waals surface area contributed by atoms with Crippen LogP contribution in [-0.4, -0.2) is 133 Å². The number of aromatic nitrogens is 4. The minimum absolute atomic E-state index is 0. The Morgan fingerprint density at radius 1 is 0.383 bits per heavy atom. The topological polar surface area (TPSA) is 424 Å². The van der Waals surface area contributed by atoms with Gasteiger partial charge in [-0.2, -0.15) is 0 Å². The molecule has 0 atom stereocenters. The largest absolute Gasteiger partial charge is 0.465 e. The number of rotatable bonds is 25. The molecule has 0 fully saturated rings. The van der Waals surface area contributed by atoms with Gasteiger partial charge < -0.3 is 99.9 Å². The highest BCUT2D eigenvalue weighted by Crippen LogP contribution is 2.42. The zero-order valence-corrected chi connectivity index (χ0v) is 93.7. The first kappa shape index (κ1) is 127. The van der Waals surface area contributed by atoms with E-state index in [9.17, 15) is 57.5 Å². The fourth-order valence-electron chi connectivity index (χ4n) is 13.3. The first-order valence-electron chi connectivity index (χ1n) is 46.8. The van der Waals surface area contributed by atoms with E-state index in [2.05, 4.69) is 175 Å². The second-order valence-corrected chi connectivity index (χ2v) is 46.1. The highest BCUT2D eigenvalue weighted by Gasteiger charge is 2.32. The minimum Gasteiger partial charge on any atom is -0.465 e. The Bertz CT molecular complexity index is 6470. The molecule has 10 aromatic heterocycles. The fourth-order valence-corrected chi connectivity index (χ4v) is 19.5. The monoisotopic (exact) mass is 2160 g/mol. The van der Waals surface area contributed by atoms with Crippen molar-refractivity contribution in [3.63, 3.8) is 0 Å². The van der Waals surface area contributed by atoms with Crippen LogP contribution in [0.3, 0.4) is 0 Å². The van der Waals surface area contributed by atoms with E-state index in [0.717, 1.165) is 88.3 Å². The van der Waals surface area contributed by atoms with Crippen LogP contribution in [0.2, 0.25) is 0 Å². The standard InChI is InChI=1S/C19H25N3O3.2C18H25N3O3S.C18H22N2O3S.C17H23N3O3S.C16H20N2O3S2.3CH4/c1-12-7-9-13(10-8-12)20-18(24)21-14-11-15(19(2,3)4)22(5)16(14)17(23)25-6;1-18(2,3)14-11-13(15(25-14)16(22)24-5)20-17(23)19-9-8-12-7-6-10-21(12)4;1-6-8-21-9-7-12(11-21)19-17(23)20-13-10-14(18(2,3)4)25-15(13)16(22)24-5;1-11-6-8-12(9-7-11)19-17(22)20-15-13(16(21)23-5)10-14(24-15)18(2,3)4;1-6-20-8-7-11(10-20)18-16(22)19-12-9-13(17(2,3)4)24-14(12)15(21)23-5;1-10-5-14(22-8-10)18-15(20)17-11-6-13(16(2,3)4)23-12(11)7-21-9-19;;;/h7-11H,1-6H3,(H2,20,21,24);6-7,10-11H,8-9H2,1-5H3,(H2,19,20,23);7,9-11H,6,8H2,1-5H3,(H2,19,20,23);6-10H,1-5H3,(H2,19,20,22);7-10H,6H2,1-5H3,(H2,18,19,22);5-6,8-9H,7H2,1-4H3,(H2,17,18,20);3*1H4. The van der Waals surface area contributed by atoms with Crippen LogP contribution in [0, 0.1) is 20.8 Å². The Labute approximate surface area is 901 Å². The van der Waals surface area contributed by atoms with Gasteiger partial charge in [-0.3, -0.25) is 15.4 Å². The molecule has 149 heavy (non-hydrogen) atoms. The third-order valence-corrected chi connectivity index (χ3v) is 29.8. The average Bonchev–Trinajstić information content (AvgIpc) is 1.64. The van der Waals surface area contributed by atoms with Crippen LogP contribution in [0.5, 0.6) is 0 Å². The third-order valence-electron chi connectivity index (χ3n) is 21.2. The quantitative estimate of drug-likeness (QED) is 0.0144. The van der Waals surface area contributed by atoms with Crippen molar-refractivity contribution in [2.24, 2.45) is 14.1 Å². The van der Waals surface area contributed by atoms with Crippen molar-refractivity contribution in [1.29, 1.82) is 0 Å². The Balaban J connectivity index is 0.000000371. The van der Waals surface area contributed by atoms with Gasteiger partial charge >= 0.3 is 66.0 Å². The summed E-state index contributed by atoms with van der Waals surface area (Å²) in [4.78, 5) is 151. The number of carbonyl (C=O) groups is 12. The summed E-state index contributed by atoms with van der Waals surface area (Å²) in [6.45, 7) is 49.9. The number of carbonyl (C=O) groups excluding carboxylic acids is 12. The molecule has 0 aliphatic heterocycles. The summed E-state index contributed by atoms with van der Waals surface area (Å²) in [5.41, 5.74) is 10.6. The molecule has 0 spiro atoms. The summed E-state index contributed by atoms with van der Waals surface area (Å²) >= 11 is 8.40. The van der Waals surface area contributed by atoms with E-state index in [0.29, 0.717) is 95.1 Å². The van der Waals surface area contributed by atoms with Crippen molar-refractivity contribution in [3.05, 3.63) is 235 Å². The maximum atomic E-state index is 12.3. The van der Waals surface area contributed by atoms with Crippen LogP contribution in [-0.2, 0) is 106 Å². The van der Waals surface area contributed by atoms with Crippen molar-refractivity contribution >= 4 is 202 Å². The van der Waals surface area contributed by atoms with Crippen LogP contribution in [0.4, 0.5) is 90.0 Å². The molecule has 0 saturated carbocycles. The molecule has 0 saturated heterocycles. The number of urea groups is 6. The summed E-state index contributed by atoms with van der Waals surface area (Å²) < 4.78 is 36.7. The van der Waals surface area contributed by atoms with Crippen molar-refractivity contribution in [2.45, 2.75) is 247 Å². The SMILES string of the molecule is C.C.C.CCCn1ccc(NC(=O)Nc2cc(C(C)(C)C)sc2C(=O)OC)c1.CCn1ccc(NC(=O)Nc2cc(C(C)(C)C)sc2C(=O)OC)c1.COC(=O)c1c(NC(=O)Nc2ccc(C)cc2)cc(C(C)(C)C)n1C.COC(=O)c1cc(C(C)(C)C)sc1NC(=O)Nc1ccc(C)cc1.COC(=O)c1sc(C(C)(C)C)cc1NC(=O)NCCc1cccn1C.Cc1csc(NC(=O)Nc2cc(C(C)(C)C)sc2COC=O)c1. The fraction of sp³-hybridized carbons (Fsp3) is 0.413. The predicted molar refractivity (Wildman–Crippen MR) is 613 cm³/mol. The molecule has 812 valence electrons. The van der Waals surface area contributed by atoms with Gasteiger partial charge in [0, 0.05) is 124 Å². The maximum absolute atomic E-state index is 12.3. The van der Waals surface area contributed by atoms with Gasteiger partial charge in [-0.05, 0) is 163 Å². The van der Waals surface area contributed by atoms with Gasteiger partial charge in [-0.25, -0.2) is 52.7 Å². The number of hydrogen-bond acceptors (Lipinski definition) is 24. The highest BCUT2D eigenvalue weighted by atomic mass is 32.1. The smallest absolute Gasteiger partial charge is 0.356 e. The lowest BCUT2D eigenvalue weighted by Gasteiger charge is -2.19. The van der Waals surface area contributed by atoms with E-state index >= 15 is 0 Å². The third kappa shape index (κ3) is 39.3. The molecule has 34 nitrogen and oxygen atoms in total. The number of methoxy groups -OCH3 is 5. The second kappa shape index (κ2) is 57.1. The molecule has 0 aliphatic carbocycles. The zero-order valence-electron chi connectivity index (χ0n) is 88.8. The van der Waals surface area contributed by atoms with Crippen molar-refractivity contribution in [2.75, 3.05) is 101 Å². The van der Waals surface area contributed by atoms with Crippen molar-refractivity contribution in [3.8, 4) is 0 Å². The Morgan fingerprint density at radius 3 is 1.16 bits per heavy atom. The molecule has 0 unspecified atom stereocenters. The highest BCUT2D eigenvalue weighted by molar-refractivity contribution is 7.17. The van der Waals surface area contributed by atoms with Gasteiger partial charge in [0.15, 0.2) is 5.69 Å². The van der Waals surface area contributed by atoms with Gasteiger partial charge in [0.05, 0.1) is 90.8 Å². The molecule has 10 heterocycles. The number of ether oxygens (including phenoxy) is 6. The average molecular weight is 2170 g/mol. The van der Waals surface area contributed by atoms with Crippen molar-refractivity contribution < 1.29 is 86.0 Å². The summed E-state index contributed by atoms with van der Waals surface area (Å²) in [6.07, 6.45) is 11.2. The molecule has 0 bridgehead atoms. The number of hydrogen-bond donors (Lipinski definition) is 12. The molecule has 12 amide bonds. The van der Waals surface area contributed by atoms with E-state index in [-0.39, 0.29) is 73.4 Å². The van der Waals surface area contributed by atoms with Gasteiger partial charge in [0.2, 0.25) is 0 Å². The molecular weight excluding hydrogens is 2010 g/mol. The lowest BCUT2D eigenvalue weighted by molar-refractivity contribution is -0.129. The predicted octanol–water partition coefficient (Wildman–Crippen LogP) is 28.0. The Kier molecular flexibility index (Phi) is 48.9. The number of esters is 5. The lowest BCUT2D eigenvalue weighted by Crippen LogP contribution is -2.31. The van der Waals surface area contributed by atoms with Crippen molar-refractivity contribution in [1.82, 2.24) is 23.6 Å². The molecular formula is C109H152N16O18S6. The van der Waals surface area contributed by atoms with E-state index in [1.54, 1.807) is 23.7 Å². The second-order valence-electron chi connectivity index (χ2n) is 39.8. The molecule has 12 N–H and O–H groups in total. The summed E-state index contributed by atoms with van der Waals surface area (Å²) in [6, 6.07) is 33.3. The molecule has 0 aliphatic rings. The molecule has 0 radical (unpaired) electrons. The Hall–Kier alpha value is -13.8. The maximum Gasteiger partial charge on any atom is 0.356 e. The van der Waals surface area contributed by atoms with Gasteiger partial charge in [-0.15, -0.1) is 68.0 Å². The zero-order chi connectivity index (χ0) is 109. The summed E-state index contributed by atoms with van der Waals surface area (Å²) in [7, 11) is 10.4. The first-order chi connectivity index (χ1) is 68.3. The van der Waals surface area contributed by atoms with Crippen LogP contribution >= 0.6 is 68.0 Å². The number of thiophene rings is 6. The molecule has 12 rings (SSSR count). The number of benzene rings is 2. The molecule has 40 heteroatoms. The van der Waals surface area contributed by atoms with Gasteiger partial charge in [0.25, 0.3) is 6.47 Å². The van der Waals surface area contributed by atoms with Crippen LogP contribution in [0.1, 0.15) is 274 Å². The van der Waals surface area contributed by atoms with Crippen LogP contribution in [0.25, 0.3) is 0 Å². The van der Waals surface area contributed by atoms with Crippen LogP contribution in [0.15, 0.2) is 152 Å². The van der Waals surface area contributed by atoms with Crippen LogP contribution < -0.4 is 63.8 Å². The number of nitrogens with one attached hydrogen (secondary N) is 12. The Morgan fingerprint density at radius 2 is 0.772 bits per heavy atom. The van der Waals surface area contributed by atoms with E-state index in [1.165, 1.54) is 104 Å². The van der Waals surface area contributed by atoms with E-state index < -0.39 is 54.0 Å². The molecule has 12 aromatic rings. The van der Waals surface area contributed by atoms with Gasteiger partial charge in [0.1, 0.15) is 26.2 Å². The molecule has 2 aromatic carbocycles. The number of nitrogens with zero attached hydrogens (tertiary/aromatic N) is 4.